The third-order valence-electron chi connectivity index (χ3n) is 2.23. The lowest BCUT2D eigenvalue weighted by atomic mass is 10.2. The van der Waals surface area contributed by atoms with Crippen molar-refractivity contribution in [3.8, 4) is 5.75 Å². The van der Waals surface area contributed by atoms with Gasteiger partial charge in [-0.05, 0) is 13.0 Å². The van der Waals surface area contributed by atoms with Crippen molar-refractivity contribution in [2.75, 3.05) is 5.32 Å². The number of hydrogen-bond donors (Lipinski definition) is 1. The van der Waals surface area contributed by atoms with Crippen LogP contribution in [0.2, 0.25) is 5.02 Å². The van der Waals surface area contributed by atoms with Crippen LogP contribution in [0, 0.1) is 0 Å². The van der Waals surface area contributed by atoms with Crippen molar-refractivity contribution in [1.82, 2.24) is 0 Å². The van der Waals surface area contributed by atoms with Crippen LogP contribution < -0.4 is 10.1 Å². The number of benzene rings is 1. The highest BCUT2D eigenvalue weighted by atomic mass is 35.7. The van der Waals surface area contributed by atoms with Gasteiger partial charge in [-0.25, -0.2) is 8.42 Å². The predicted octanol–water partition coefficient (Wildman–Crippen LogP) is 1.99. The van der Waals surface area contributed by atoms with Crippen LogP contribution in [0.15, 0.2) is 17.0 Å². The van der Waals surface area contributed by atoms with Gasteiger partial charge in [-0.15, -0.1) is 0 Å². The Morgan fingerprint density at radius 1 is 1.41 bits per heavy atom. The smallest absolute Gasteiger partial charge is 0.265 e. The third-order valence-corrected chi connectivity index (χ3v) is 4.01. The predicted molar refractivity (Wildman–Crippen MR) is 63.2 cm³/mol. The van der Waals surface area contributed by atoms with E-state index in [0.717, 1.165) is 0 Å². The van der Waals surface area contributed by atoms with Gasteiger partial charge in [-0.3, -0.25) is 4.79 Å². The fraction of sp³-hybridized carbons (Fsp3) is 0.222. The molecule has 8 heteroatoms. The van der Waals surface area contributed by atoms with Crippen molar-refractivity contribution in [1.29, 1.82) is 0 Å². The van der Waals surface area contributed by atoms with Crippen LogP contribution in [0.5, 0.6) is 5.75 Å². The molecule has 1 atom stereocenters. The van der Waals surface area contributed by atoms with E-state index in [1.54, 1.807) is 6.92 Å². The summed E-state index contributed by atoms with van der Waals surface area (Å²) in [6, 6.07) is 2.48. The van der Waals surface area contributed by atoms with E-state index in [4.69, 9.17) is 27.0 Å². The first-order chi connectivity index (χ1) is 7.79. The molecule has 0 radical (unpaired) electrons. The second-order valence-electron chi connectivity index (χ2n) is 3.47. The number of halogens is 2. The number of amides is 1. The van der Waals surface area contributed by atoms with Gasteiger partial charge in [0.05, 0.1) is 10.7 Å². The molecular weight excluding hydrogens is 289 g/mol. The van der Waals surface area contributed by atoms with Crippen LogP contribution in [0.3, 0.4) is 0 Å². The van der Waals surface area contributed by atoms with Gasteiger partial charge in [-0.2, -0.15) is 0 Å². The molecule has 1 N–H and O–H groups in total. The second kappa shape index (κ2) is 4.04. The molecule has 92 valence electrons. The summed E-state index contributed by atoms with van der Waals surface area (Å²) in [7, 11) is 1.27. The highest BCUT2D eigenvalue weighted by molar-refractivity contribution is 8.13. The zero-order chi connectivity index (χ0) is 12.8. The molecule has 1 unspecified atom stereocenters. The van der Waals surface area contributed by atoms with Crippen LogP contribution in [0.4, 0.5) is 5.69 Å². The molecule has 0 saturated carbocycles. The molecule has 17 heavy (non-hydrogen) atoms. The van der Waals surface area contributed by atoms with E-state index in [0.29, 0.717) is 5.69 Å². The molecule has 1 aliphatic heterocycles. The van der Waals surface area contributed by atoms with E-state index in [1.165, 1.54) is 12.1 Å². The Kier molecular flexibility index (Phi) is 2.97. The summed E-state index contributed by atoms with van der Waals surface area (Å²) >= 11 is 5.76. The van der Waals surface area contributed by atoms with Gasteiger partial charge in [0.1, 0.15) is 10.6 Å². The molecule has 0 aliphatic carbocycles. The Hall–Kier alpha value is -0.980. The fourth-order valence-electron chi connectivity index (χ4n) is 1.40. The van der Waals surface area contributed by atoms with Crippen molar-refractivity contribution >= 4 is 42.9 Å². The molecule has 0 saturated heterocycles. The molecule has 1 aromatic carbocycles. The normalized spacial score (nSPS) is 19.2. The minimum Gasteiger partial charge on any atom is -0.479 e. The summed E-state index contributed by atoms with van der Waals surface area (Å²) in [5.74, 6) is -0.101. The molecule has 0 fully saturated rings. The molecule has 1 amide bonds. The molecule has 5 nitrogen and oxygen atoms in total. The molecular formula is C9H7Cl2NO4S. The van der Waals surface area contributed by atoms with Crippen LogP contribution in [-0.4, -0.2) is 20.4 Å². The zero-order valence-electron chi connectivity index (χ0n) is 8.53. The number of fused-ring (bicyclic) bond motifs is 1. The van der Waals surface area contributed by atoms with Gasteiger partial charge in [0.2, 0.25) is 0 Å². The van der Waals surface area contributed by atoms with Gasteiger partial charge in [-0.1, -0.05) is 11.6 Å². The molecule has 1 aromatic rings. The van der Waals surface area contributed by atoms with Crippen molar-refractivity contribution in [2.24, 2.45) is 0 Å². The first-order valence-corrected chi connectivity index (χ1v) is 7.23. The summed E-state index contributed by atoms with van der Waals surface area (Å²) in [5, 5.41) is 2.47. The van der Waals surface area contributed by atoms with E-state index >= 15 is 0 Å². The molecule has 0 spiro atoms. The maximum absolute atomic E-state index is 11.3. The van der Waals surface area contributed by atoms with Gasteiger partial charge in [0.15, 0.2) is 6.10 Å². The minimum absolute atomic E-state index is 0.0720. The fourth-order valence-corrected chi connectivity index (χ4v) is 2.90. The second-order valence-corrected chi connectivity index (χ2v) is 6.41. The van der Waals surface area contributed by atoms with Gasteiger partial charge in [0, 0.05) is 16.7 Å². The lowest BCUT2D eigenvalue weighted by molar-refractivity contribution is -0.122. The largest absolute Gasteiger partial charge is 0.479 e. The number of ether oxygens (including phenoxy) is 1. The first-order valence-electron chi connectivity index (χ1n) is 4.55. The number of carbonyl (C=O) groups is 1. The Morgan fingerprint density at radius 3 is 2.65 bits per heavy atom. The van der Waals surface area contributed by atoms with Crippen molar-refractivity contribution < 1.29 is 17.9 Å². The molecule has 0 bridgehead atoms. The van der Waals surface area contributed by atoms with Crippen LogP contribution in [0.25, 0.3) is 0 Å². The van der Waals surface area contributed by atoms with Crippen LogP contribution >= 0.6 is 22.3 Å². The number of rotatable bonds is 1. The summed E-state index contributed by atoms with van der Waals surface area (Å²) < 4.78 is 27.7. The van der Waals surface area contributed by atoms with Crippen molar-refractivity contribution in [2.45, 2.75) is 17.9 Å². The highest BCUT2D eigenvalue weighted by Crippen LogP contribution is 2.37. The summed E-state index contributed by atoms with van der Waals surface area (Å²) in [5.41, 5.74) is 0.321. The number of nitrogens with one attached hydrogen (secondary N) is 1. The quantitative estimate of drug-likeness (QED) is 0.804. The SMILES string of the molecule is CC1Oc2cc(S(=O)(=O)Cl)c(Cl)cc2NC1=O. The van der Waals surface area contributed by atoms with Crippen LogP contribution in [0.1, 0.15) is 6.92 Å². The van der Waals surface area contributed by atoms with E-state index < -0.39 is 15.2 Å². The average Bonchev–Trinajstić information content (AvgIpc) is 2.18. The molecule has 1 heterocycles. The lowest BCUT2D eigenvalue weighted by Gasteiger charge is -2.23. The summed E-state index contributed by atoms with van der Waals surface area (Å²) in [6.45, 7) is 1.54. The maximum Gasteiger partial charge on any atom is 0.265 e. The number of carbonyl (C=O) groups excluding carboxylic acids is 1. The number of anilines is 1. The Balaban J connectivity index is 2.58. The minimum atomic E-state index is -3.95. The van der Waals surface area contributed by atoms with Crippen molar-refractivity contribution in [3.63, 3.8) is 0 Å². The van der Waals surface area contributed by atoms with E-state index in [-0.39, 0.29) is 21.6 Å². The maximum atomic E-state index is 11.3. The van der Waals surface area contributed by atoms with E-state index in [1.807, 2.05) is 0 Å². The standard InChI is InChI=1S/C9H7Cl2NO4S/c1-4-9(13)12-6-2-5(10)8(17(11,14)15)3-7(6)16-4/h2-4H,1H3,(H,12,13). The van der Waals surface area contributed by atoms with Crippen LogP contribution in [-0.2, 0) is 13.8 Å². The van der Waals surface area contributed by atoms with Gasteiger partial charge < -0.3 is 10.1 Å². The lowest BCUT2D eigenvalue weighted by Crippen LogP contribution is -2.34. The molecule has 2 rings (SSSR count). The number of hydrogen-bond acceptors (Lipinski definition) is 4. The van der Waals surface area contributed by atoms with Gasteiger partial charge >= 0.3 is 0 Å². The topological polar surface area (TPSA) is 72.5 Å². The average molecular weight is 296 g/mol. The molecule has 1 aliphatic rings. The van der Waals surface area contributed by atoms with Gasteiger partial charge in [0.25, 0.3) is 15.0 Å². The summed E-state index contributed by atoms with van der Waals surface area (Å²) in [4.78, 5) is 11.1. The Morgan fingerprint density at radius 2 is 2.06 bits per heavy atom. The third kappa shape index (κ3) is 2.34. The van der Waals surface area contributed by atoms with E-state index in [9.17, 15) is 13.2 Å². The summed E-state index contributed by atoms with van der Waals surface area (Å²) in [6.07, 6.45) is -0.699. The zero-order valence-corrected chi connectivity index (χ0v) is 10.9. The first kappa shape index (κ1) is 12.5. The van der Waals surface area contributed by atoms with Crippen molar-refractivity contribution in [3.05, 3.63) is 17.2 Å². The monoisotopic (exact) mass is 295 g/mol. The molecule has 0 aromatic heterocycles. The Bertz CT molecular complexity index is 599. The van der Waals surface area contributed by atoms with E-state index in [2.05, 4.69) is 5.32 Å². The highest BCUT2D eigenvalue weighted by Gasteiger charge is 2.27. The Labute approximate surface area is 107 Å².